The lowest BCUT2D eigenvalue weighted by molar-refractivity contribution is 0.525. The molecule has 1 aliphatic heterocycles. The van der Waals surface area contributed by atoms with Crippen molar-refractivity contribution < 1.29 is 0 Å². The summed E-state index contributed by atoms with van der Waals surface area (Å²) in [5, 5.41) is 4.26. The molecule has 2 unspecified atom stereocenters. The molecule has 1 nitrogen and oxygen atoms in total. The van der Waals surface area contributed by atoms with Crippen LogP contribution in [0.2, 0.25) is 0 Å². The van der Waals surface area contributed by atoms with Crippen molar-refractivity contribution in [3.05, 3.63) is 0 Å². The molecular weight excluding hydrogens is 142 g/mol. The van der Waals surface area contributed by atoms with Gasteiger partial charge in [0.15, 0.2) is 0 Å². The number of rotatable bonds is 4. The summed E-state index contributed by atoms with van der Waals surface area (Å²) >= 11 is 2.13. The van der Waals surface area contributed by atoms with Gasteiger partial charge in [-0.1, -0.05) is 0 Å². The second-order valence-corrected chi connectivity index (χ2v) is 4.46. The molecule has 2 heteroatoms. The van der Waals surface area contributed by atoms with Gasteiger partial charge in [-0.2, -0.15) is 11.8 Å². The summed E-state index contributed by atoms with van der Waals surface area (Å²) in [5.41, 5.74) is 0. The lowest BCUT2D eigenvalue weighted by Gasteiger charge is -2.25. The Morgan fingerprint density at radius 3 is 2.80 bits per heavy atom. The van der Waals surface area contributed by atoms with Crippen molar-refractivity contribution in [1.82, 2.24) is 5.32 Å². The maximum Gasteiger partial charge on any atom is 0.00554 e. The first-order valence-electron chi connectivity index (χ1n) is 4.12. The lowest BCUT2D eigenvalue weighted by atomic mass is 10.1. The van der Waals surface area contributed by atoms with Crippen molar-refractivity contribution >= 4 is 11.8 Å². The molecule has 0 radical (unpaired) electrons. The van der Waals surface area contributed by atoms with Gasteiger partial charge >= 0.3 is 0 Å². The Balaban J connectivity index is 1.93. The minimum atomic E-state index is 0.709. The molecule has 0 saturated carbocycles. The van der Waals surface area contributed by atoms with Crippen LogP contribution in [0.3, 0.4) is 0 Å². The Kier molecular flexibility index (Phi) is 3.57. The van der Waals surface area contributed by atoms with Gasteiger partial charge in [0.1, 0.15) is 0 Å². The number of hydrogen-bond acceptors (Lipinski definition) is 2. The van der Waals surface area contributed by atoms with E-state index in [1.807, 2.05) is 7.05 Å². The zero-order valence-electron chi connectivity index (χ0n) is 6.89. The third kappa shape index (κ3) is 2.51. The summed E-state index contributed by atoms with van der Waals surface area (Å²) in [6.45, 7) is 2.25. The number of hydrogen-bond donors (Lipinski definition) is 1. The Hall–Kier alpha value is 0.310. The first-order valence-corrected chi connectivity index (χ1v) is 5.16. The number of nitrogens with one attached hydrogen (secondary N) is 1. The average Bonchev–Trinajstić information content (AvgIpc) is 1.84. The van der Waals surface area contributed by atoms with Crippen molar-refractivity contribution in [1.29, 1.82) is 0 Å². The highest BCUT2D eigenvalue weighted by Gasteiger charge is 2.17. The van der Waals surface area contributed by atoms with Crippen molar-refractivity contribution in [2.45, 2.75) is 37.5 Å². The summed E-state index contributed by atoms with van der Waals surface area (Å²) in [6, 6.07) is 0.709. The predicted octanol–water partition coefficient (Wildman–Crippen LogP) is 1.88. The fraction of sp³-hybridized carbons (Fsp3) is 1.00. The van der Waals surface area contributed by atoms with E-state index in [2.05, 4.69) is 24.0 Å². The van der Waals surface area contributed by atoms with Crippen LogP contribution >= 0.6 is 11.8 Å². The third-order valence-corrected chi connectivity index (χ3v) is 3.62. The van der Waals surface area contributed by atoms with E-state index in [0.29, 0.717) is 6.04 Å². The van der Waals surface area contributed by atoms with E-state index in [4.69, 9.17) is 0 Å². The molecule has 60 valence electrons. The first-order chi connectivity index (χ1) is 4.83. The molecule has 1 rings (SSSR count). The van der Waals surface area contributed by atoms with Crippen LogP contribution in [0, 0.1) is 0 Å². The molecule has 1 saturated heterocycles. The summed E-state index contributed by atoms with van der Waals surface area (Å²) in [5.74, 6) is 1.40. The second kappa shape index (κ2) is 4.24. The van der Waals surface area contributed by atoms with Crippen LogP contribution in [-0.4, -0.2) is 24.1 Å². The monoisotopic (exact) mass is 159 g/mol. The highest BCUT2D eigenvalue weighted by Crippen LogP contribution is 2.31. The van der Waals surface area contributed by atoms with Crippen LogP contribution in [0.4, 0.5) is 0 Å². The number of thioether (sulfide) groups is 1. The normalized spacial score (nSPS) is 27.6. The van der Waals surface area contributed by atoms with E-state index < -0.39 is 0 Å². The minimum Gasteiger partial charge on any atom is -0.317 e. The summed E-state index contributed by atoms with van der Waals surface area (Å²) in [6.07, 6.45) is 4.21. The second-order valence-electron chi connectivity index (χ2n) is 3.05. The Morgan fingerprint density at radius 2 is 2.40 bits per heavy atom. The molecule has 0 aliphatic carbocycles. The maximum absolute atomic E-state index is 3.26. The molecule has 0 aromatic heterocycles. The van der Waals surface area contributed by atoms with Gasteiger partial charge in [-0.25, -0.2) is 0 Å². The largest absolute Gasteiger partial charge is 0.317 e. The molecule has 2 atom stereocenters. The molecule has 1 aliphatic rings. The molecular formula is C8H17NS. The highest BCUT2D eigenvalue weighted by molar-refractivity contribution is 8.01. The van der Waals surface area contributed by atoms with Crippen LogP contribution in [-0.2, 0) is 0 Å². The van der Waals surface area contributed by atoms with Gasteiger partial charge in [0.25, 0.3) is 0 Å². The van der Waals surface area contributed by atoms with Gasteiger partial charge in [-0.15, -0.1) is 0 Å². The fourth-order valence-electron chi connectivity index (χ4n) is 1.09. The zero-order valence-corrected chi connectivity index (χ0v) is 7.71. The van der Waals surface area contributed by atoms with Crippen LogP contribution in [0.15, 0.2) is 0 Å². The Labute approximate surface area is 68.0 Å². The molecule has 10 heavy (non-hydrogen) atoms. The fourth-order valence-corrected chi connectivity index (χ4v) is 1.96. The molecule has 0 aromatic carbocycles. The maximum atomic E-state index is 3.26. The summed E-state index contributed by atoms with van der Waals surface area (Å²) < 4.78 is 0. The molecule has 0 bridgehead atoms. The Bertz CT molecular complexity index is 86.5. The molecule has 0 aromatic rings. The van der Waals surface area contributed by atoms with Crippen molar-refractivity contribution in [2.24, 2.45) is 0 Å². The molecule has 0 amide bonds. The molecule has 1 heterocycles. The third-order valence-electron chi connectivity index (χ3n) is 2.21. The summed E-state index contributed by atoms with van der Waals surface area (Å²) in [4.78, 5) is 0. The van der Waals surface area contributed by atoms with Gasteiger partial charge in [0.2, 0.25) is 0 Å². The van der Waals surface area contributed by atoms with Crippen LogP contribution in [0.1, 0.15) is 26.2 Å². The van der Waals surface area contributed by atoms with E-state index in [-0.39, 0.29) is 0 Å². The zero-order chi connectivity index (χ0) is 7.40. The van der Waals surface area contributed by atoms with Crippen molar-refractivity contribution in [3.8, 4) is 0 Å². The van der Waals surface area contributed by atoms with E-state index >= 15 is 0 Å². The van der Waals surface area contributed by atoms with Crippen LogP contribution in [0.5, 0.6) is 0 Å². The molecule has 0 spiro atoms. The van der Waals surface area contributed by atoms with E-state index in [1.165, 1.54) is 25.0 Å². The van der Waals surface area contributed by atoms with Gasteiger partial charge in [0, 0.05) is 11.3 Å². The SMILES string of the molecule is CNC(C)CCC1CCS1. The lowest BCUT2D eigenvalue weighted by Crippen LogP contribution is -2.24. The first kappa shape index (κ1) is 8.41. The van der Waals surface area contributed by atoms with Gasteiger partial charge in [-0.3, -0.25) is 0 Å². The van der Waals surface area contributed by atoms with E-state index in [0.717, 1.165) is 5.25 Å². The van der Waals surface area contributed by atoms with E-state index in [9.17, 15) is 0 Å². The molecule has 1 fully saturated rings. The van der Waals surface area contributed by atoms with Crippen molar-refractivity contribution in [3.63, 3.8) is 0 Å². The van der Waals surface area contributed by atoms with E-state index in [1.54, 1.807) is 0 Å². The van der Waals surface area contributed by atoms with Crippen LogP contribution in [0.25, 0.3) is 0 Å². The molecule has 1 N–H and O–H groups in total. The topological polar surface area (TPSA) is 12.0 Å². The smallest absolute Gasteiger partial charge is 0.00554 e. The summed E-state index contributed by atoms with van der Waals surface area (Å²) in [7, 11) is 2.04. The Morgan fingerprint density at radius 1 is 1.70 bits per heavy atom. The van der Waals surface area contributed by atoms with Crippen molar-refractivity contribution in [2.75, 3.05) is 12.8 Å². The standard InChI is InChI=1S/C8H17NS/c1-7(9-2)3-4-8-5-6-10-8/h7-9H,3-6H2,1-2H3. The van der Waals surface area contributed by atoms with Gasteiger partial charge in [0.05, 0.1) is 0 Å². The predicted molar refractivity (Wildman–Crippen MR) is 48.6 cm³/mol. The van der Waals surface area contributed by atoms with Gasteiger partial charge < -0.3 is 5.32 Å². The van der Waals surface area contributed by atoms with Gasteiger partial charge in [-0.05, 0) is 39.0 Å². The quantitative estimate of drug-likeness (QED) is 0.672. The van der Waals surface area contributed by atoms with Crippen LogP contribution < -0.4 is 5.32 Å². The minimum absolute atomic E-state index is 0.709. The average molecular weight is 159 g/mol. The highest BCUT2D eigenvalue weighted by atomic mass is 32.2.